The summed E-state index contributed by atoms with van der Waals surface area (Å²) in [6, 6.07) is 0. The van der Waals surface area contributed by atoms with Gasteiger partial charge < -0.3 is 14.3 Å². The molecule has 0 aliphatic heterocycles. The maximum Gasteiger partial charge on any atom is 0.154 e. The molecule has 3 heteroatoms. The highest BCUT2D eigenvalue weighted by molar-refractivity contribution is 5.62. The van der Waals surface area contributed by atoms with Crippen molar-refractivity contribution in [2.75, 3.05) is 14.2 Å². The van der Waals surface area contributed by atoms with Crippen molar-refractivity contribution in [1.82, 2.24) is 0 Å². The number of methoxy groups -OCH3 is 2. The van der Waals surface area contributed by atoms with Crippen LogP contribution >= 0.6 is 0 Å². The van der Waals surface area contributed by atoms with Gasteiger partial charge in [-0.15, -0.1) is 0 Å². The highest BCUT2D eigenvalue weighted by Crippen LogP contribution is 2.13. The number of carbonyl (C=O) groups excluding carboxylic acids is 1. The molecule has 2 atom stereocenters. The SMILES string of the molecule is COC(C)C(C)(C=O)OC. The third-order valence-corrected chi connectivity index (χ3v) is 1.83. The fraction of sp³-hybridized carbons (Fsp3) is 0.857. The Morgan fingerprint density at radius 2 is 2.00 bits per heavy atom. The average Bonchev–Trinajstić information content (AvgIpc) is 2.01. The molecule has 0 heterocycles. The Hall–Kier alpha value is -0.410. The van der Waals surface area contributed by atoms with Gasteiger partial charge in [-0.3, -0.25) is 0 Å². The van der Waals surface area contributed by atoms with E-state index in [9.17, 15) is 4.79 Å². The topological polar surface area (TPSA) is 35.5 Å². The summed E-state index contributed by atoms with van der Waals surface area (Å²) >= 11 is 0. The van der Waals surface area contributed by atoms with Gasteiger partial charge in [-0.1, -0.05) is 0 Å². The number of ether oxygens (including phenoxy) is 2. The molecule has 0 aromatic carbocycles. The van der Waals surface area contributed by atoms with Gasteiger partial charge in [0.2, 0.25) is 0 Å². The predicted octanol–water partition coefficient (Wildman–Crippen LogP) is 0.625. The van der Waals surface area contributed by atoms with Gasteiger partial charge in [-0.05, 0) is 13.8 Å². The monoisotopic (exact) mass is 146 g/mol. The van der Waals surface area contributed by atoms with Crippen LogP contribution in [0.2, 0.25) is 0 Å². The first-order chi connectivity index (χ1) is 4.60. The zero-order chi connectivity index (χ0) is 8.20. The number of rotatable bonds is 4. The molecule has 0 saturated heterocycles. The molecule has 0 amide bonds. The quantitative estimate of drug-likeness (QED) is 0.545. The van der Waals surface area contributed by atoms with Crippen LogP contribution in [0.3, 0.4) is 0 Å². The average molecular weight is 146 g/mol. The van der Waals surface area contributed by atoms with Gasteiger partial charge in [-0.25, -0.2) is 0 Å². The van der Waals surface area contributed by atoms with E-state index in [1.807, 2.05) is 0 Å². The first-order valence-corrected chi connectivity index (χ1v) is 3.15. The first kappa shape index (κ1) is 9.59. The van der Waals surface area contributed by atoms with Crippen LogP contribution < -0.4 is 0 Å². The molecule has 10 heavy (non-hydrogen) atoms. The molecule has 0 rings (SSSR count). The molecule has 0 spiro atoms. The van der Waals surface area contributed by atoms with E-state index in [1.54, 1.807) is 21.0 Å². The maximum absolute atomic E-state index is 10.5. The Morgan fingerprint density at radius 1 is 1.50 bits per heavy atom. The summed E-state index contributed by atoms with van der Waals surface area (Å²) in [5.41, 5.74) is -0.811. The van der Waals surface area contributed by atoms with Gasteiger partial charge in [0, 0.05) is 14.2 Å². The molecule has 60 valence electrons. The Morgan fingerprint density at radius 3 is 2.10 bits per heavy atom. The first-order valence-electron chi connectivity index (χ1n) is 3.15. The van der Waals surface area contributed by atoms with Crippen molar-refractivity contribution in [3.8, 4) is 0 Å². The minimum atomic E-state index is -0.811. The van der Waals surface area contributed by atoms with Gasteiger partial charge >= 0.3 is 0 Å². The second-order valence-electron chi connectivity index (χ2n) is 2.38. The molecular weight excluding hydrogens is 132 g/mol. The summed E-state index contributed by atoms with van der Waals surface area (Å²) in [7, 11) is 3.04. The second-order valence-corrected chi connectivity index (χ2v) is 2.38. The Labute approximate surface area is 61.3 Å². The van der Waals surface area contributed by atoms with E-state index in [0.717, 1.165) is 6.29 Å². The minimum absolute atomic E-state index is 0.213. The predicted molar refractivity (Wildman–Crippen MR) is 37.9 cm³/mol. The summed E-state index contributed by atoms with van der Waals surface area (Å²) in [5.74, 6) is 0. The zero-order valence-electron chi connectivity index (χ0n) is 6.88. The van der Waals surface area contributed by atoms with Gasteiger partial charge in [-0.2, -0.15) is 0 Å². The summed E-state index contributed by atoms with van der Waals surface area (Å²) < 4.78 is 9.89. The van der Waals surface area contributed by atoms with Gasteiger partial charge in [0.1, 0.15) is 5.60 Å². The third-order valence-electron chi connectivity index (χ3n) is 1.83. The van der Waals surface area contributed by atoms with Crippen molar-refractivity contribution < 1.29 is 14.3 Å². The van der Waals surface area contributed by atoms with Crippen molar-refractivity contribution in [2.45, 2.75) is 25.6 Å². The smallest absolute Gasteiger partial charge is 0.154 e. The summed E-state index contributed by atoms with van der Waals surface area (Å²) in [4.78, 5) is 10.5. The van der Waals surface area contributed by atoms with Crippen LogP contribution in [0.4, 0.5) is 0 Å². The molecule has 2 unspecified atom stereocenters. The second kappa shape index (κ2) is 3.68. The van der Waals surface area contributed by atoms with Gasteiger partial charge in [0.05, 0.1) is 6.10 Å². The van der Waals surface area contributed by atoms with Crippen LogP contribution in [-0.4, -0.2) is 32.2 Å². The largest absolute Gasteiger partial charge is 0.378 e. The van der Waals surface area contributed by atoms with Crippen LogP contribution in [0, 0.1) is 0 Å². The number of aldehydes is 1. The molecule has 0 aliphatic carbocycles. The van der Waals surface area contributed by atoms with Crippen LogP contribution in [0.25, 0.3) is 0 Å². The van der Waals surface area contributed by atoms with Gasteiger partial charge in [0.15, 0.2) is 6.29 Å². The molecule has 3 nitrogen and oxygen atoms in total. The standard InChI is InChI=1S/C7H14O3/c1-6(9-3)7(2,5-8)10-4/h5-6H,1-4H3. The summed E-state index contributed by atoms with van der Waals surface area (Å²) in [6.45, 7) is 3.48. The number of hydrogen-bond acceptors (Lipinski definition) is 3. The lowest BCUT2D eigenvalue weighted by atomic mass is 10.0. The van der Waals surface area contributed by atoms with Crippen LogP contribution in [-0.2, 0) is 14.3 Å². The normalized spacial score (nSPS) is 19.6. The molecule has 0 aromatic heterocycles. The van der Waals surface area contributed by atoms with Crippen LogP contribution in [0.15, 0.2) is 0 Å². The molecule has 0 bridgehead atoms. The van der Waals surface area contributed by atoms with E-state index >= 15 is 0 Å². The molecular formula is C7H14O3. The Kier molecular flexibility index (Phi) is 3.53. The van der Waals surface area contributed by atoms with Crippen LogP contribution in [0.5, 0.6) is 0 Å². The lowest BCUT2D eigenvalue weighted by Gasteiger charge is -2.26. The lowest BCUT2D eigenvalue weighted by Crippen LogP contribution is -2.42. The minimum Gasteiger partial charge on any atom is -0.378 e. The van der Waals surface area contributed by atoms with Crippen molar-refractivity contribution in [2.24, 2.45) is 0 Å². The highest BCUT2D eigenvalue weighted by Gasteiger charge is 2.30. The summed E-state index contributed by atoms with van der Waals surface area (Å²) in [5, 5.41) is 0. The number of carbonyl (C=O) groups is 1. The van der Waals surface area contributed by atoms with E-state index in [2.05, 4.69) is 0 Å². The Bertz CT molecular complexity index is 113. The van der Waals surface area contributed by atoms with E-state index in [0.29, 0.717) is 0 Å². The molecule has 0 radical (unpaired) electrons. The third kappa shape index (κ3) is 1.78. The highest BCUT2D eigenvalue weighted by atomic mass is 16.5. The maximum atomic E-state index is 10.5. The van der Waals surface area contributed by atoms with E-state index in [1.165, 1.54) is 7.11 Å². The van der Waals surface area contributed by atoms with E-state index in [4.69, 9.17) is 9.47 Å². The van der Waals surface area contributed by atoms with Crippen molar-refractivity contribution in [3.05, 3.63) is 0 Å². The summed E-state index contributed by atoms with van der Waals surface area (Å²) in [6.07, 6.45) is 0.538. The molecule has 0 aromatic rings. The fourth-order valence-electron chi connectivity index (χ4n) is 0.544. The van der Waals surface area contributed by atoms with Crippen LogP contribution in [0.1, 0.15) is 13.8 Å². The molecule has 0 fully saturated rings. The molecule has 0 N–H and O–H groups in total. The molecule has 0 saturated carbocycles. The van der Waals surface area contributed by atoms with Crippen molar-refractivity contribution in [1.29, 1.82) is 0 Å². The molecule has 0 aliphatic rings. The van der Waals surface area contributed by atoms with Crippen molar-refractivity contribution >= 4 is 6.29 Å². The van der Waals surface area contributed by atoms with E-state index < -0.39 is 5.60 Å². The zero-order valence-corrected chi connectivity index (χ0v) is 6.88. The lowest BCUT2D eigenvalue weighted by molar-refractivity contribution is -0.141. The Balaban J connectivity index is 4.16. The fourth-order valence-corrected chi connectivity index (χ4v) is 0.544. The van der Waals surface area contributed by atoms with E-state index in [-0.39, 0.29) is 6.10 Å². The number of hydrogen-bond donors (Lipinski definition) is 0. The van der Waals surface area contributed by atoms with Gasteiger partial charge in [0.25, 0.3) is 0 Å². The van der Waals surface area contributed by atoms with Crippen molar-refractivity contribution in [3.63, 3.8) is 0 Å².